The Hall–Kier alpha value is -1.07. The predicted octanol–water partition coefficient (Wildman–Crippen LogP) is 4.51. The minimum absolute atomic E-state index is 0.253. The van der Waals surface area contributed by atoms with Crippen molar-refractivity contribution in [3.05, 3.63) is 56.7 Å². The van der Waals surface area contributed by atoms with Crippen LogP contribution in [0.1, 0.15) is 5.56 Å². The molecule has 0 atom stereocenters. The monoisotopic (exact) mass is 373 g/mol. The van der Waals surface area contributed by atoms with Gasteiger partial charge in [-0.2, -0.15) is 0 Å². The van der Waals surface area contributed by atoms with Crippen LogP contribution >= 0.6 is 31.9 Å². The van der Waals surface area contributed by atoms with Gasteiger partial charge in [0, 0.05) is 5.69 Å². The number of para-hydroxylation sites is 1. The molecule has 0 aliphatic carbocycles. The van der Waals surface area contributed by atoms with E-state index in [1.807, 2.05) is 18.2 Å². The van der Waals surface area contributed by atoms with Gasteiger partial charge in [-0.25, -0.2) is 4.39 Å². The van der Waals surface area contributed by atoms with Gasteiger partial charge in [-0.1, -0.05) is 6.07 Å². The molecule has 0 saturated carbocycles. The second-order valence-corrected chi connectivity index (χ2v) is 5.44. The SMILES string of the molecule is Nc1cc(F)cc(COc2c(Br)cccc2Br)c1. The van der Waals surface area contributed by atoms with Crippen molar-refractivity contribution in [2.75, 3.05) is 5.73 Å². The van der Waals surface area contributed by atoms with Gasteiger partial charge < -0.3 is 10.5 Å². The number of halogens is 3. The van der Waals surface area contributed by atoms with Gasteiger partial charge in [0.15, 0.2) is 0 Å². The number of nitrogens with two attached hydrogens (primary N) is 1. The van der Waals surface area contributed by atoms with E-state index in [0.717, 1.165) is 8.95 Å². The Morgan fingerprint density at radius 3 is 2.39 bits per heavy atom. The fourth-order valence-electron chi connectivity index (χ4n) is 1.53. The molecule has 0 heterocycles. The minimum Gasteiger partial charge on any atom is -0.487 e. The van der Waals surface area contributed by atoms with E-state index in [1.54, 1.807) is 6.07 Å². The van der Waals surface area contributed by atoms with Crippen LogP contribution in [0.5, 0.6) is 5.75 Å². The Kier molecular flexibility index (Phi) is 4.24. The highest BCUT2D eigenvalue weighted by Gasteiger charge is 2.06. The summed E-state index contributed by atoms with van der Waals surface area (Å²) in [5, 5.41) is 0. The zero-order chi connectivity index (χ0) is 13.1. The van der Waals surface area contributed by atoms with Gasteiger partial charge >= 0.3 is 0 Å². The van der Waals surface area contributed by atoms with Crippen LogP contribution in [0.15, 0.2) is 45.3 Å². The summed E-state index contributed by atoms with van der Waals surface area (Å²) in [7, 11) is 0. The molecule has 2 nitrogen and oxygen atoms in total. The Bertz CT molecular complexity index is 534. The highest BCUT2D eigenvalue weighted by atomic mass is 79.9. The topological polar surface area (TPSA) is 35.2 Å². The van der Waals surface area contributed by atoms with Gasteiger partial charge in [0.1, 0.15) is 18.2 Å². The van der Waals surface area contributed by atoms with E-state index in [1.165, 1.54) is 12.1 Å². The largest absolute Gasteiger partial charge is 0.487 e. The van der Waals surface area contributed by atoms with Crippen LogP contribution in [0, 0.1) is 5.82 Å². The molecule has 0 amide bonds. The van der Waals surface area contributed by atoms with Crippen molar-refractivity contribution in [1.29, 1.82) is 0 Å². The molecular formula is C13H10Br2FNO. The third kappa shape index (κ3) is 3.23. The van der Waals surface area contributed by atoms with Crippen LogP contribution in [0.2, 0.25) is 0 Å². The zero-order valence-corrected chi connectivity index (χ0v) is 12.5. The Labute approximate surface area is 121 Å². The van der Waals surface area contributed by atoms with Crippen LogP contribution in [0.25, 0.3) is 0 Å². The van der Waals surface area contributed by atoms with Gasteiger partial charge in [-0.05, 0) is 67.8 Å². The molecule has 0 aliphatic rings. The summed E-state index contributed by atoms with van der Waals surface area (Å²) in [6.45, 7) is 0.253. The fourth-order valence-corrected chi connectivity index (χ4v) is 2.76. The molecule has 0 aromatic heterocycles. The highest BCUT2D eigenvalue weighted by Crippen LogP contribution is 2.33. The molecule has 0 spiro atoms. The lowest BCUT2D eigenvalue weighted by Gasteiger charge is -2.10. The first-order chi connectivity index (χ1) is 8.56. The first-order valence-corrected chi connectivity index (χ1v) is 6.76. The first-order valence-electron chi connectivity index (χ1n) is 5.18. The maximum absolute atomic E-state index is 13.2. The summed E-state index contributed by atoms with van der Waals surface area (Å²) < 4.78 is 20.5. The third-order valence-corrected chi connectivity index (χ3v) is 3.53. The fraction of sp³-hybridized carbons (Fsp3) is 0.0769. The molecule has 0 radical (unpaired) electrons. The number of benzene rings is 2. The number of nitrogen functional groups attached to an aromatic ring is 1. The summed E-state index contributed by atoms with van der Waals surface area (Å²) in [5.41, 5.74) is 6.65. The van der Waals surface area contributed by atoms with Crippen molar-refractivity contribution in [1.82, 2.24) is 0 Å². The normalized spacial score (nSPS) is 10.4. The summed E-state index contributed by atoms with van der Waals surface area (Å²) in [6, 6.07) is 10.0. The average molecular weight is 375 g/mol. The molecule has 0 aliphatic heterocycles. The van der Waals surface area contributed by atoms with E-state index in [9.17, 15) is 4.39 Å². The van der Waals surface area contributed by atoms with E-state index < -0.39 is 0 Å². The third-order valence-electron chi connectivity index (χ3n) is 2.28. The molecule has 94 valence electrons. The molecule has 2 N–H and O–H groups in total. The Balaban J connectivity index is 2.16. The molecule has 0 fully saturated rings. The van der Waals surface area contributed by atoms with Crippen molar-refractivity contribution in [2.45, 2.75) is 6.61 Å². The van der Waals surface area contributed by atoms with Crippen LogP contribution in [-0.2, 0) is 6.61 Å². The highest BCUT2D eigenvalue weighted by molar-refractivity contribution is 9.11. The lowest BCUT2D eigenvalue weighted by molar-refractivity contribution is 0.301. The van der Waals surface area contributed by atoms with Crippen molar-refractivity contribution in [2.24, 2.45) is 0 Å². The molecule has 2 rings (SSSR count). The Morgan fingerprint density at radius 2 is 1.78 bits per heavy atom. The maximum Gasteiger partial charge on any atom is 0.148 e. The second kappa shape index (κ2) is 5.71. The van der Waals surface area contributed by atoms with Gasteiger partial charge in [0.05, 0.1) is 8.95 Å². The van der Waals surface area contributed by atoms with E-state index in [-0.39, 0.29) is 12.4 Å². The van der Waals surface area contributed by atoms with Gasteiger partial charge in [0.2, 0.25) is 0 Å². The van der Waals surface area contributed by atoms with Crippen molar-refractivity contribution in [3.63, 3.8) is 0 Å². The van der Waals surface area contributed by atoms with E-state index in [0.29, 0.717) is 17.0 Å². The van der Waals surface area contributed by atoms with Crippen LogP contribution in [0.4, 0.5) is 10.1 Å². The number of rotatable bonds is 3. The maximum atomic E-state index is 13.2. The van der Waals surface area contributed by atoms with E-state index >= 15 is 0 Å². The summed E-state index contributed by atoms with van der Waals surface area (Å²) in [5.74, 6) is 0.320. The van der Waals surface area contributed by atoms with Crippen molar-refractivity contribution >= 4 is 37.5 Å². The lowest BCUT2D eigenvalue weighted by Crippen LogP contribution is -1.99. The van der Waals surface area contributed by atoms with Crippen molar-refractivity contribution in [3.8, 4) is 5.75 Å². The average Bonchev–Trinajstić information content (AvgIpc) is 2.27. The smallest absolute Gasteiger partial charge is 0.148 e. The Morgan fingerprint density at radius 1 is 1.11 bits per heavy atom. The first kappa shape index (κ1) is 13.4. The standard InChI is InChI=1S/C13H10Br2FNO/c14-11-2-1-3-12(15)13(11)18-7-8-4-9(16)6-10(17)5-8/h1-6H,7,17H2. The molecule has 5 heteroatoms. The van der Waals surface area contributed by atoms with Crippen LogP contribution in [-0.4, -0.2) is 0 Å². The zero-order valence-electron chi connectivity index (χ0n) is 9.29. The van der Waals surface area contributed by atoms with Gasteiger partial charge in [-0.3, -0.25) is 0 Å². The summed E-state index contributed by atoms with van der Waals surface area (Å²) in [6.07, 6.45) is 0. The number of hydrogen-bond donors (Lipinski definition) is 1. The van der Waals surface area contributed by atoms with E-state index in [4.69, 9.17) is 10.5 Å². The van der Waals surface area contributed by atoms with Crippen LogP contribution in [0.3, 0.4) is 0 Å². The number of anilines is 1. The van der Waals surface area contributed by atoms with E-state index in [2.05, 4.69) is 31.9 Å². The molecule has 0 bridgehead atoms. The predicted molar refractivity (Wildman–Crippen MR) is 77.0 cm³/mol. The second-order valence-electron chi connectivity index (χ2n) is 3.73. The molecule has 18 heavy (non-hydrogen) atoms. The van der Waals surface area contributed by atoms with Crippen LogP contribution < -0.4 is 10.5 Å². The molecule has 0 unspecified atom stereocenters. The molecular weight excluding hydrogens is 365 g/mol. The molecule has 2 aromatic carbocycles. The lowest BCUT2D eigenvalue weighted by atomic mass is 10.2. The van der Waals surface area contributed by atoms with Gasteiger partial charge in [-0.15, -0.1) is 0 Å². The summed E-state index contributed by atoms with van der Waals surface area (Å²) in [4.78, 5) is 0. The minimum atomic E-state index is -0.361. The van der Waals surface area contributed by atoms with Crippen molar-refractivity contribution < 1.29 is 9.13 Å². The number of ether oxygens (including phenoxy) is 1. The summed E-state index contributed by atoms with van der Waals surface area (Å²) >= 11 is 6.79. The molecule has 0 saturated heterocycles. The van der Waals surface area contributed by atoms with Gasteiger partial charge in [0.25, 0.3) is 0 Å². The quantitative estimate of drug-likeness (QED) is 0.802. The molecule has 2 aromatic rings. The number of hydrogen-bond acceptors (Lipinski definition) is 2.